The SMILES string of the molecule is O=C(O)[C@@H](O[C@@H]1O[C@H](CO[C@H]2O[C@@H](CO)[C@H](O)[C@@H](O)[C@@H]2O)[C@@H](O)[C@H](O)[C@H]1O)c1ccccc1. The van der Waals surface area contributed by atoms with Crippen molar-refractivity contribution in [2.24, 2.45) is 0 Å². The van der Waals surface area contributed by atoms with Crippen molar-refractivity contribution in [3.63, 3.8) is 0 Å². The van der Waals surface area contributed by atoms with Gasteiger partial charge in [0.05, 0.1) is 13.2 Å². The van der Waals surface area contributed by atoms with Gasteiger partial charge in [-0.25, -0.2) is 4.79 Å². The van der Waals surface area contributed by atoms with Gasteiger partial charge in [0, 0.05) is 0 Å². The molecule has 13 nitrogen and oxygen atoms in total. The number of carboxylic acids is 1. The number of aliphatic carboxylic acids is 1. The number of hydrogen-bond acceptors (Lipinski definition) is 12. The summed E-state index contributed by atoms with van der Waals surface area (Å²) >= 11 is 0. The van der Waals surface area contributed by atoms with Crippen LogP contribution in [0.1, 0.15) is 11.7 Å². The van der Waals surface area contributed by atoms with E-state index >= 15 is 0 Å². The Morgan fingerprint density at radius 3 is 1.94 bits per heavy atom. The van der Waals surface area contributed by atoms with Crippen molar-refractivity contribution in [2.75, 3.05) is 13.2 Å². The van der Waals surface area contributed by atoms with Gasteiger partial charge in [0.15, 0.2) is 18.7 Å². The second-order valence-electron chi connectivity index (χ2n) is 7.81. The fourth-order valence-electron chi connectivity index (χ4n) is 3.60. The summed E-state index contributed by atoms with van der Waals surface area (Å²) < 4.78 is 21.4. The van der Waals surface area contributed by atoms with Crippen LogP contribution in [0.5, 0.6) is 0 Å². The van der Waals surface area contributed by atoms with Crippen molar-refractivity contribution >= 4 is 5.97 Å². The van der Waals surface area contributed by atoms with E-state index in [4.69, 9.17) is 18.9 Å². The lowest BCUT2D eigenvalue weighted by Gasteiger charge is -2.43. The predicted molar refractivity (Wildman–Crippen MR) is 104 cm³/mol. The highest BCUT2D eigenvalue weighted by molar-refractivity contribution is 5.74. The Hall–Kier alpha value is -1.75. The highest BCUT2D eigenvalue weighted by Crippen LogP contribution is 2.29. The highest BCUT2D eigenvalue weighted by Gasteiger charge is 2.48. The van der Waals surface area contributed by atoms with E-state index in [0.29, 0.717) is 0 Å². The smallest absolute Gasteiger partial charge is 0.337 e. The zero-order valence-corrected chi connectivity index (χ0v) is 17.3. The first kappa shape index (κ1) is 25.9. The van der Waals surface area contributed by atoms with E-state index in [-0.39, 0.29) is 5.56 Å². The molecule has 33 heavy (non-hydrogen) atoms. The van der Waals surface area contributed by atoms with Gasteiger partial charge in [0.1, 0.15) is 48.8 Å². The van der Waals surface area contributed by atoms with Crippen LogP contribution in [0.2, 0.25) is 0 Å². The number of rotatable bonds is 8. The normalized spacial score (nSPS) is 40.3. The molecule has 3 rings (SSSR count). The Morgan fingerprint density at radius 2 is 1.36 bits per heavy atom. The van der Waals surface area contributed by atoms with Gasteiger partial charge >= 0.3 is 5.97 Å². The van der Waals surface area contributed by atoms with Crippen molar-refractivity contribution in [1.82, 2.24) is 0 Å². The lowest BCUT2D eigenvalue weighted by Crippen LogP contribution is -2.61. The molecule has 0 aliphatic carbocycles. The molecule has 0 bridgehead atoms. The summed E-state index contributed by atoms with van der Waals surface area (Å²) in [5.41, 5.74) is 0.246. The molecule has 186 valence electrons. The number of ether oxygens (including phenoxy) is 4. The molecule has 0 spiro atoms. The van der Waals surface area contributed by atoms with Crippen molar-refractivity contribution < 1.29 is 64.6 Å². The van der Waals surface area contributed by atoms with E-state index in [1.807, 2.05) is 0 Å². The number of aliphatic hydroxyl groups excluding tert-OH is 7. The maximum absolute atomic E-state index is 11.7. The first-order valence-corrected chi connectivity index (χ1v) is 10.2. The lowest BCUT2D eigenvalue weighted by atomic mass is 9.98. The Bertz CT molecular complexity index is 762. The molecule has 0 radical (unpaired) electrons. The summed E-state index contributed by atoms with van der Waals surface area (Å²) in [5, 5.41) is 79.2. The standard InChI is InChI=1S/C20H28O13/c21-6-9-11(22)13(24)15(26)19(31-9)30-7-10-12(23)14(25)16(27)20(32-10)33-17(18(28)29)8-4-2-1-3-5-8/h1-5,9-17,19-27H,6-7H2,(H,28,29)/t9-,10+,11-,12+,13+,14-,15-,16+,17-,19-,20-/m0/s1. The van der Waals surface area contributed by atoms with Crippen molar-refractivity contribution in [2.45, 2.75) is 67.5 Å². The van der Waals surface area contributed by atoms with Crippen molar-refractivity contribution in [3.05, 3.63) is 35.9 Å². The zero-order valence-electron chi connectivity index (χ0n) is 17.3. The van der Waals surface area contributed by atoms with E-state index in [1.165, 1.54) is 12.1 Å². The molecule has 2 aliphatic heterocycles. The molecule has 2 saturated heterocycles. The molecule has 0 saturated carbocycles. The molecule has 2 aliphatic rings. The first-order valence-electron chi connectivity index (χ1n) is 10.2. The third kappa shape index (κ3) is 5.67. The van der Waals surface area contributed by atoms with Gasteiger partial charge in [-0.1, -0.05) is 30.3 Å². The van der Waals surface area contributed by atoms with Crippen molar-refractivity contribution in [3.8, 4) is 0 Å². The lowest BCUT2D eigenvalue weighted by molar-refractivity contribution is -0.335. The predicted octanol–water partition coefficient (Wildman–Crippen LogP) is -3.55. The third-order valence-electron chi connectivity index (χ3n) is 5.54. The van der Waals surface area contributed by atoms with E-state index < -0.39 is 86.7 Å². The molecule has 0 amide bonds. The van der Waals surface area contributed by atoms with E-state index in [1.54, 1.807) is 18.2 Å². The minimum Gasteiger partial charge on any atom is -0.479 e. The number of aliphatic hydroxyl groups is 7. The van der Waals surface area contributed by atoms with Crippen LogP contribution >= 0.6 is 0 Å². The summed E-state index contributed by atoms with van der Waals surface area (Å²) in [6.07, 6.45) is -17.6. The third-order valence-corrected chi connectivity index (χ3v) is 5.54. The fraction of sp³-hybridized carbons (Fsp3) is 0.650. The Balaban J connectivity index is 1.68. The molecule has 0 aromatic heterocycles. The van der Waals surface area contributed by atoms with Crippen LogP contribution in [0.3, 0.4) is 0 Å². The summed E-state index contributed by atoms with van der Waals surface area (Å²) in [5.74, 6) is -1.38. The number of hydrogen-bond donors (Lipinski definition) is 8. The first-order chi connectivity index (χ1) is 15.6. The van der Waals surface area contributed by atoms with E-state index in [9.17, 15) is 45.6 Å². The molecular weight excluding hydrogens is 448 g/mol. The maximum atomic E-state index is 11.7. The van der Waals surface area contributed by atoms with Crippen LogP contribution in [0, 0.1) is 0 Å². The molecule has 1 aromatic carbocycles. The minimum absolute atomic E-state index is 0.246. The molecule has 1 aromatic rings. The van der Waals surface area contributed by atoms with Gasteiger partial charge in [0.25, 0.3) is 0 Å². The van der Waals surface area contributed by atoms with Gasteiger partial charge in [-0.15, -0.1) is 0 Å². The van der Waals surface area contributed by atoms with Crippen LogP contribution < -0.4 is 0 Å². The highest BCUT2D eigenvalue weighted by atomic mass is 16.7. The zero-order chi connectivity index (χ0) is 24.3. The number of benzene rings is 1. The molecule has 11 atom stereocenters. The molecule has 8 N–H and O–H groups in total. The Morgan fingerprint density at radius 1 is 0.818 bits per heavy atom. The van der Waals surface area contributed by atoms with Crippen LogP contribution in [0.25, 0.3) is 0 Å². The molecule has 2 heterocycles. The van der Waals surface area contributed by atoms with Crippen LogP contribution in [-0.2, 0) is 23.7 Å². The molecule has 2 fully saturated rings. The number of carboxylic acid groups (broad SMARTS) is 1. The van der Waals surface area contributed by atoms with Gasteiger partial charge in [0.2, 0.25) is 0 Å². The summed E-state index contributed by atoms with van der Waals surface area (Å²) in [7, 11) is 0. The van der Waals surface area contributed by atoms with Gasteiger partial charge in [-0.05, 0) is 5.56 Å². The molecular formula is C20H28O13. The summed E-state index contributed by atoms with van der Waals surface area (Å²) in [4.78, 5) is 11.7. The second-order valence-corrected chi connectivity index (χ2v) is 7.81. The quantitative estimate of drug-likeness (QED) is 0.183. The van der Waals surface area contributed by atoms with Crippen LogP contribution in [0.4, 0.5) is 0 Å². The maximum Gasteiger partial charge on any atom is 0.337 e. The van der Waals surface area contributed by atoms with Crippen LogP contribution in [0.15, 0.2) is 30.3 Å². The van der Waals surface area contributed by atoms with Gasteiger partial charge in [-0.3, -0.25) is 0 Å². The monoisotopic (exact) mass is 476 g/mol. The number of carbonyl (C=O) groups is 1. The molecule has 0 unspecified atom stereocenters. The molecule has 13 heteroatoms. The van der Waals surface area contributed by atoms with Gasteiger partial charge < -0.3 is 59.8 Å². The summed E-state index contributed by atoms with van der Waals surface area (Å²) in [6.45, 7) is -1.24. The van der Waals surface area contributed by atoms with E-state index in [0.717, 1.165) is 0 Å². The minimum atomic E-state index is -1.80. The Labute approximate surface area is 187 Å². The second kappa shape index (κ2) is 11.1. The summed E-state index contributed by atoms with van der Waals surface area (Å²) in [6, 6.07) is 7.81. The van der Waals surface area contributed by atoms with E-state index in [2.05, 4.69) is 0 Å². The van der Waals surface area contributed by atoms with Gasteiger partial charge in [-0.2, -0.15) is 0 Å². The topological polar surface area (TPSA) is 216 Å². The largest absolute Gasteiger partial charge is 0.479 e. The van der Waals surface area contributed by atoms with Crippen molar-refractivity contribution in [1.29, 1.82) is 0 Å². The van der Waals surface area contributed by atoms with Crippen LogP contribution in [-0.4, -0.2) is 121 Å². The average Bonchev–Trinajstić information content (AvgIpc) is 2.81. The fourth-order valence-corrected chi connectivity index (χ4v) is 3.60. The Kier molecular flexibility index (Phi) is 8.71. The average molecular weight is 476 g/mol.